The fourth-order valence-corrected chi connectivity index (χ4v) is 2.61. The predicted octanol–water partition coefficient (Wildman–Crippen LogP) is 1.18. The van der Waals surface area contributed by atoms with Gasteiger partial charge in [0.2, 0.25) is 0 Å². The lowest BCUT2D eigenvalue weighted by Crippen LogP contribution is -2.29. The quantitative estimate of drug-likeness (QED) is 0.919. The molecule has 0 bridgehead atoms. The number of ether oxygens (including phenoxy) is 1. The smallest absolute Gasteiger partial charge is 0.157 e. The van der Waals surface area contributed by atoms with Gasteiger partial charge < -0.3 is 9.84 Å². The Hall–Kier alpha value is -1.92. The summed E-state index contributed by atoms with van der Waals surface area (Å²) in [7, 11) is 1.81. The molecule has 1 N–H and O–H groups in total. The molecule has 5 nitrogen and oxygen atoms in total. The number of benzene rings is 1. The van der Waals surface area contributed by atoms with E-state index in [2.05, 4.69) is 10.00 Å². The van der Waals surface area contributed by atoms with Crippen LogP contribution >= 0.6 is 0 Å². The highest BCUT2D eigenvalue weighted by Crippen LogP contribution is 2.20. The topological polar surface area (TPSA) is 50.5 Å². The lowest BCUT2D eigenvalue weighted by Gasteiger charge is -2.16. The molecule has 1 fully saturated rings. The van der Waals surface area contributed by atoms with Crippen LogP contribution < -0.4 is 4.74 Å². The van der Waals surface area contributed by atoms with Gasteiger partial charge in [-0.25, -0.2) is 4.39 Å². The second-order valence-electron chi connectivity index (χ2n) is 5.40. The Morgan fingerprint density at radius 1 is 1.43 bits per heavy atom. The van der Waals surface area contributed by atoms with Crippen molar-refractivity contribution in [3.05, 3.63) is 48.0 Å². The average molecular weight is 291 g/mol. The summed E-state index contributed by atoms with van der Waals surface area (Å²) in [5, 5.41) is 14.1. The number of aliphatic hydroxyl groups is 1. The largest absolute Gasteiger partial charge is 0.483 e. The van der Waals surface area contributed by atoms with E-state index in [0.29, 0.717) is 25.4 Å². The number of β-amino-alcohol motifs (C(OH)–C–C–N with tert-alkyl or cyclic N) is 1. The first-order valence-electron chi connectivity index (χ1n) is 6.90. The maximum Gasteiger partial charge on any atom is 0.157 e. The van der Waals surface area contributed by atoms with Crippen molar-refractivity contribution in [1.82, 2.24) is 14.7 Å². The van der Waals surface area contributed by atoms with Crippen LogP contribution in [0.4, 0.5) is 4.39 Å². The van der Waals surface area contributed by atoms with E-state index in [9.17, 15) is 9.50 Å². The molecule has 1 aromatic carbocycles. The van der Waals surface area contributed by atoms with Crippen LogP contribution in [0.25, 0.3) is 0 Å². The van der Waals surface area contributed by atoms with Gasteiger partial charge in [-0.3, -0.25) is 9.58 Å². The normalized spacial score (nSPS) is 22.6. The van der Waals surface area contributed by atoms with Crippen LogP contribution in [-0.2, 0) is 13.6 Å². The molecule has 0 unspecified atom stereocenters. The highest BCUT2D eigenvalue weighted by atomic mass is 19.1. The molecule has 0 radical (unpaired) electrons. The SMILES string of the molecule is Cn1cc(O[C@@H]2CN(Cc3cccc(F)c3)C[C@H]2O)cn1. The average Bonchev–Trinajstić information content (AvgIpc) is 2.97. The van der Waals surface area contributed by atoms with E-state index in [0.717, 1.165) is 5.56 Å². The molecule has 0 amide bonds. The van der Waals surface area contributed by atoms with Gasteiger partial charge >= 0.3 is 0 Å². The van der Waals surface area contributed by atoms with Gasteiger partial charge in [0.1, 0.15) is 18.0 Å². The molecule has 21 heavy (non-hydrogen) atoms. The molecular formula is C15H18FN3O2. The Morgan fingerprint density at radius 3 is 3.00 bits per heavy atom. The van der Waals surface area contributed by atoms with E-state index in [1.54, 1.807) is 23.1 Å². The third kappa shape index (κ3) is 3.40. The summed E-state index contributed by atoms with van der Waals surface area (Å²) in [4.78, 5) is 2.06. The fourth-order valence-electron chi connectivity index (χ4n) is 2.61. The van der Waals surface area contributed by atoms with Crippen LogP contribution in [-0.4, -0.2) is 45.1 Å². The maximum absolute atomic E-state index is 13.2. The first kappa shape index (κ1) is 14.0. The van der Waals surface area contributed by atoms with Crippen LogP contribution in [0, 0.1) is 5.82 Å². The summed E-state index contributed by atoms with van der Waals surface area (Å²) >= 11 is 0. The highest BCUT2D eigenvalue weighted by Gasteiger charge is 2.33. The highest BCUT2D eigenvalue weighted by molar-refractivity contribution is 5.17. The van der Waals surface area contributed by atoms with Gasteiger partial charge in [-0.1, -0.05) is 12.1 Å². The summed E-state index contributed by atoms with van der Waals surface area (Å²) in [6.07, 6.45) is 2.55. The predicted molar refractivity (Wildman–Crippen MR) is 75.3 cm³/mol. The van der Waals surface area contributed by atoms with E-state index >= 15 is 0 Å². The Labute approximate surface area is 122 Å². The molecule has 2 atom stereocenters. The summed E-state index contributed by atoms with van der Waals surface area (Å²) in [6, 6.07) is 6.52. The molecule has 1 aliphatic rings. The number of aliphatic hydroxyl groups excluding tert-OH is 1. The minimum atomic E-state index is -0.557. The third-order valence-electron chi connectivity index (χ3n) is 3.58. The summed E-state index contributed by atoms with van der Waals surface area (Å²) in [5.74, 6) is 0.407. The molecule has 0 spiro atoms. The molecule has 6 heteroatoms. The maximum atomic E-state index is 13.2. The van der Waals surface area contributed by atoms with Crippen molar-refractivity contribution >= 4 is 0 Å². The number of nitrogens with zero attached hydrogens (tertiary/aromatic N) is 3. The van der Waals surface area contributed by atoms with Crippen LogP contribution in [0.1, 0.15) is 5.56 Å². The molecule has 2 aromatic rings. The molecule has 1 aromatic heterocycles. The number of rotatable bonds is 4. The molecular weight excluding hydrogens is 273 g/mol. The zero-order valence-corrected chi connectivity index (χ0v) is 11.8. The van der Waals surface area contributed by atoms with Crippen molar-refractivity contribution in [3.63, 3.8) is 0 Å². The number of hydrogen-bond acceptors (Lipinski definition) is 4. The molecule has 1 aliphatic heterocycles. The number of hydrogen-bond donors (Lipinski definition) is 1. The van der Waals surface area contributed by atoms with Gasteiger partial charge in [0.15, 0.2) is 5.75 Å². The second-order valence-corrected chi connectivity index (χ2v) is 5.40. The van der Waals surface area contributed by atoms with Gasteiger partial charge in [-0.05, 0) is 17.7 Å². The van der Waals surface area contributed by atoms with E-state index in [4.69, 9.17) is 4.74 Å². The monoisotopic (exact) mass is 291 g/mol. The van der Waals surface area contributed by atoms with Gasteiger partial charge in [0, 0.05) is 26.7 Å². The standard InChI is InChI=1S/C15H18FN3O2/c1-18-8-13(6-17-18)21-15-10-19(9-14(15)20)7-11-3-2-4-12(16)5-11/h2-6,8,14-15,20H,7,9-10H2,1H3/t14-,15-/m1/s1. The molecule has 0 aliphatic carbocycles. The first-order chi connectivity index (χ1) is 10.1. The van der Waals surface area contributed by atoms with Crippen LogP contribution in [0.3, 0.4) is 0 Å². The lowest BCUT2D eigenvalue weighted by atomic mass is 10.2. The Balaban J connectivity index is 1.60. The minimum absolute atomic E-state index is 0.240. The van der Waals surface area contributed by atoms with Crippen molar-refractivity contribution in [2.24, 2.45) is 7.05 Å². The number of halogens is 1. The molecule has 0 saturated carbocycles. The number of aromatic nitrogens is 2. The van der Waals surface area contributed by atoms with E-state index in [1.165, 1.54) is 12.1 Å². The van der Waals surface area contributed by atoms with Gasteiger partial charge in [-0.2, -0.15) is 5.10 Å². The summed E-state index contributed by atoms with van der Waals surface area (Å²) < 4.78 is 20.6. The summed E-state index contributed by atoms with van der Waals surface area (Å²) in [5.41, 5.74) is 0.893. The van der Waals surface area contributed by atoms with E-state index < -0.39 is 6.10 Å². The summed E-state index contributed by atoms with van der Waals surface area (Å²) in [6.45, 7) is 1.72. The first-order valence-corrected chi connectivity index (χ1v) is 6.90. The van der Waals surface area contributed by atoms with Crippen LogP contribution in [0.2, 0.25) is 0 Å². The minimum Gasteiger partial charge on any atom is -0.483 e. The van der Waals surface area contributed by atoms with E-state index in [-0.39, 0.29) is 11.9 Å². The van der Waals surface area contributed by atoms with Gasteiger partial charge in [0.25, 0.3) is 0 Å². The molecule has 2 heterocycles. The molecule has 112 valence electrons. The molecule has 3 rings (SSSR count). The molecule has 1 saturated heterocycles. The van der Waals surface area contributed by atoms with Crippen molar-refractivity contribution < 1.29 is 14.2 Å². The Morgan fingerprint density at radius 2 is 2.29 bits per heavy atom. The fraction of sp³-hybridized carbons (Fsp3) is 0.400. The zero-order chi connectivity index (χ0) is 14.8. The Bertz CT molecular complexity index is 616. The number of aryl methyl sites for hydroxylation is 1. The lowest BCUT2D eigenvalue weighted by molar-refractivity contribution is 0.0736. The van der Waals surface area contributed by atoms with Crippen molar-refractivity contribution in [2.75, 3.05) is 13.1 Å². The van der Waals surface area contributed by atoms with Gasteiger partial charge in [-0.15, -0.1) is 0 Å². The van der Waals surface area contributed by atoms with Crippen molar-refractivity contribution in [2.45, 2.75) is 18.8 Å². The third-order valence-corrected chi connectivity index (χ3v) is 3.58. The van der Waals surface area contributed by atoms with Crippen LogP contribution in [0.5, 0.6) is 5.75 Å². The number of likely N-dealkylation sites (tertiary alicyclic amines) is 1. The van der Waals surface area contributed by atoms with Gasteiger partial charge in [0.05, 0.1) is 12.4 Å². The van der Waals surface area contributed by atoms with Crippen molar-refractivity contribution in [3.8, 4) is 5.75 Å². The van der Waals surface area contributed by atoms with E-state index in [1.807, 2.05) is 13.1 Å². The zero-order valence-electron chi connectivity index (χ0n) is 11.8. The Kier molecular flexibility index (Phi) is 3.90. The second kappa shape index (κ2) is 5.83. The van der Waals surface area contributed by atoms with Crippen molar-refractivity contribution in [1.29, 1.82) is 0 Å². The van der Waals surface area contributed by atoms with Crippen LogP contribution in [0.15, 0.2) is 36.7 Å².